The molecule has 3 aromatic rings. The third-order valence-corrected chi connectivity index (χ3v) is 2.61. The van der Waals surface area contributed by atoms with Crippen LogP contribution in [0.3, 0.4) is 0 Å². The van der Waals surface area contributed by atoms with Crippen molar-refractivity contribution in [3.05, 3.63) is 40.7 Å². The monoisotopic (exact) mass is 276 g/mol. The fourth-order valence-corrected chi connectivity index (χ4v) is 1.72. The van der Waals surface area contributed by atoms with Crippen molar-refractivity contribution >= 4 is 0 Å². The van der Waals surface area contributed by atoms with Gasteiger partial charge in [-0.25, -0.2) is 4.79 Å². The topological polar surface area (TPSA) is 100 Å². The predicted octanol–water partition coefficient (Wildman–Crippen LogP) is 1.48. The Bertz CT molecular complexity index is 738. The first-order valence-electron chi connectivity index (χ1n) is 6.19. The Morgan fingerprint density at radius 1 is 1.35 bits per heavy atom. The standard InChI is InChI=1S/C12H12N4O4/c1-2-4-9-14-16(12(17)19-9)7-10-13-11(15-20-10)8-5-3-6-18-8/h3,5-6H,2,4,7H2,1H3. The van der Waals surface area contributed by atoms with E-state index in [9.17, 15) is 4.79 Å². The van der Waals surface area contributed by atoms with Crippen molar-refractivity contribution in [1.29, 1.82) is 0 Å². The molecule has 3 heterocycles. The number of nitrogens with zero attached hydrogens (tertiary/aromatic N) is 4. The van der Waals surface area contributed by atoms with Crippen LogP contribution in [-0.4, -0.2) is 19.9 Å². The van der Waals surface area contributed by atoms with Gasteiger partial charge in [-0.2, -0.15) is 9.67 Å². The number of aryl methyl sites for hydroxylation is 1. The molecule has 0 aliphatic rings. The van der Waals surface area contributed by atoms with Crippen molar-refractivity contribution in [3.63, 3.8) is 0 Å². The molecule has 0 radical (unpaired) electrons. The zero-order chi connectivity index (χ0) is 13.9. The lowest BCUT2D eigenvalue weighted by Crippen LogP contribution is -2.16. The van der Waals surface area contributed by atoms with Crippen LogP contribution in [0.2, 0.25) is 0 Å². The Morgan fingerprint density at radius 3 is 3.00 bits per heavy atom. The van der Waals surface area contributed by atoms with Gasteiger partial charge in [-0.15, -0.1) is 5.10 Å². The molecule has 8 nitrogen and oxygen atoms in total. The molecular formula is C12H12N4O4. The van der Waals surface area contributed by atoms with E-state index in [1.54, 1.807) is 12.1 Å². The minimum Gasteiger partial charge on any atom is -0.461 e. The van der Waals surface area contributed by atoms with E-state index in [1.807, 2.05) is 6.92 Å². The Morgan fingerprint density at radius 2 is 2.25 bits per heavy atom. The molecule has 0 unspecified atom stereocenters. The zero-order valence-corrected chi connectivity index (χ0v) is 10.8. The average molecular weight is 276 g/mol. The van der Waals surface area contributed by atoms with E-state index in [4.69, 9.17) is 13.4 Å². The van der Waals surface area contributed by atoms with Crippen molar-refractivity contribution in [1.82, 2.24) is 19.9 Å². The van der Waals surface area contributed by atoms with Crippen molar-refractivity contribution in [3.8, 4) is 11.6 Å². The van der Waals surface area contributed by atoms with Gasteiger partial charge in [0.1, 0.15) is 6.54 Å². The van der Waals surface area contributed by atoms with Crippen LogP contribution in [0.25, 0.3) is 11.6 Å². The lowest BCUT2D eigenvalue weighted by Gasteiger charge is -1.90. The molecule has 0 bridgehead atoms. The van der Waals surface area contributed by atoms with Gasteiger partial charge in [0.15, 0.2) is 5.76 Å². The summed E-state index contributed by atoms with van der Waals surface area (Å²) in [7, 11) is 0. The summed E-state index contributed by atoms with van der Waals surface area (Å²) in [6.45, 7) is 2.05. The van der Waals surface area contributed by atoms with Crippen LogP contribution in [0, 0.1) is 0 Å². The van der Waals surface area contributed by atoms with Crippen molar-refractivity contribution in [2.45, 2.75) is 26.3 Å². The molecule has 3 aromatic heterocycles. The summed E-state index contributed by atoms with van der Waals surface area (Å²) < 4.78 is 16.4. The van der Waals surface area contributed by atoms with E-state index in [-0.39, 0.29) is 12.4 Å². The van der Waals surface area contributed by atoms with Gasteiger partial charge >= 0.3 is 5.76 Å². The zero-order valence-electron chi connectivity index (χ0n) is 10.8. The van der Waals surface area contributed by atoms with Gasteiger partial charge in [-0.05, 0) is 18.6 Å². The summed E-state index contributed by atoms with van der Waals surface area (Å²) in [5.41, 5.74) is 0. The van der Waals surface area contributed by atoms with Crippen LogP contribution in [0.1, 0.15) is 25.1 Å². The van der Waals surface area contributed by atoms with E-state index in [0.717, 1.165) is 11.1 Å². The fourth-order valence-electron chi connectivity index (χ4n) is 1.72. The Labute approximate surface area is 113 Å². The van der Waals surface area contributed by atoms with E-state index in [1.165, 1.54) is 6.26 Å². The van der Waals surface area contributed by atoms with Crippen LogP contribution >= 0.6 is 0 Å². The van der Waals surface area contributed by atoms with Gasteiger partial charge in [0.2, 0.25) is 17.6 Å². The minimum atomic E-state index is -0.536. The molecule has 0 saturated heterocycles. The molecule has 0 aromatic carbocycles. The molecule has 0 aliphatic heterocycles. The normalized spacial score (nSPS) is 11.1. The highest BCUT2D eigenvalue weighted by molar-refractivity contribution is 5.44. The van der Waals surface area contributed by atoms with Crippen molar-refractivity contribution in [2.24, 2.45) is 0 Å². The molecule has 20 heavy (non-hydrogen) atoms. The molecular weight excluding hydrogens is 264 g/mol. The second kappa shape index (κ2) is 5.16. The molecule has 3 rings (SSSR count). The second-order valence-electron chi connectivity index (χ2n) is 4.16. The smallest absolute Gasteiger partial charge is 0.437 e. The van der Waals surface area contributed by atoms with Gasteiger partial charge in [0.25, 0.3) is 0 Å². The van der Waals surface area contributed by atoms with Gasteiger partial charge in [-0.1, -0.05) is 12.1 Å². The highest BCUT2D eigenvalue weighted by Gasteiger charge is 2.14. The van der Waals surface area contributed by atoms with E-state index in [2.05, 4.69) is 15.2 Å². The highest BCUT2D eigenvalue weighted by Crippen LogP contribution is 2.15. The molecule has 0 N–H and O–H groups in total. The molecule has 0 atom stereocenters. The summed E-state index contributed by atoms with van der Waals surface area (Å²) in [4.78, 5) is 15.7. The Kier molecular flexibility index (Phi) is 3.20. The predicted molar refractivity (Wildman–Crippen MR) is 65.9 cm³/mol. The fraction of sp³-hybridized carbons (Fsp3) is 0.333. The number of hydrogen-bond donors (Lipinski definition) is 0. The van der Waals surface area contributed by atoms with Crippen LogP contribution in [0.4, 0.5) is 0 Å². The number of rotatable bonds is 5. The van der Waals surface area contributed by atoms with Crippen molar-refractivity contribution < 1.29 is 13.4 Å². The molecule has 0 saturated carbocycles. The molecule has 0 spiro atoms. The van der Waals surface area contributed by atoms with Crippen LogP contribution in [0.5, 0.6) is 0 Å². The molecule has 104 valence electrons. The Hall–Kier alpha value is -2.64. The molecule has 0 amide bonds. The first kappa shape index (κ1) is 12.4. The van der Waals surface area contributed by atoms with Gasteiger partial charge in [-0.3, -0.25) is 0 Å². The molecule has 0 aliphatic carbocycles. The number of hydrogen-bond acceptors (Lipinski definition) is 7. The largest absolute Gasteiger partial charge is 0.461 e. The van der Waals surface area contributed by atoms with Gasteiger partial charge in [0.05, 0.1) is 6.26 Å². The second-order valence-corrected chi connectivity index (χ2v) is 4.16. The first-order chi connectivity index (χ1) is 9.76. The summed E-state index contributed by atoms with van der Waals surface area (Å²) in [5, 5.41) is 7.83. The number of aromatic nitrogens is 4. The lowest BCUT2D eigenvalue weighted by atomic mass is 10.3. The van der Waals surface area contributed by atoms with Crippen molar-refractivity contribution in [2.75, 3.05) is 0 Å². The van der Waals surface area contributed by atoms with Crippen LogP contribution in [0.15, 0.2) is 36.5 Å². The van der Waals surface area contributed by atoms with Crippen LogP contribution in [-0.2, 0) is 13.0 Å². The summed E-state index contributed by atoms with van der Waals surface area (Å²) in [6.07, 6.45) is 2.98. The van der Waals surface area contributed by atoms with Crippen LogP contribution < -0.4 is 5.76 Å². The quantitative estimate of drug-likeness (QED) is 0.695. The number of furan rings is 1. The third kappa shape index (κ3) is 2.40. The maximum atomic E-state index is 11.6. The minimum absolute atomic E-state index is 0.0692. The summed E-state index contributed by atoms with van der Waals surface area (Å²) in [6, 6.07) is 3.45. The first-order valence-corrected chi connectivity index (χ1v) is 6.19. The van der Waals surface area contributed by atoms with Gasteiger partial charge < -0.3 is 13.4 Å². The maximum absolute atomic E-state index is 11.6. The Balaban J connectivity index is 1.80. The van der Waals surface area contributed by atoms with E-state index < -0.39 is 5.76 Å². The SMILES string of the molecule is CCCc1nn(Cc2nc(-c3ccco3)no2)c(=O)o1. The maximum Gasteiger partial charge on any atom is 0.437 e. The van der Waals surface area contributed by atoms with E-state index in [0.29, 0.717) is 23.9 Å². The molecule has 0 fully saturated rings. The average Bonchev–Trinajstić information content (AvgIpc) is 3.13. The summed E-state index contributed by atoms with van der Waals surface area (Å²) in [5.74, 6) is 0.957. The van der Waals surface area contributed by atoms with E-state index >= 15 is 0 Å². The van der Waals surface area contributed by atoms with Gasteiger partial charge in [0, 0.05) is 6.42 Å². The highest BCUT2D eigenvalue weighted by atomic mass is 16.5. The molecule has 8 heteroatoms. The lowest BCUT2D eigenvalue weighted by molar-refractivity contribution is 0.359. The summed E-state index contributed by atoms with van der Waals surface area (Å²) >= 11 is 0. The third-order valence-electron chi connectivity index (χ3n) is 2.61.